The Kier molecular flexibility index (Phi) is 22.7. The summed E-state index contributed by atoms with van der Waals surface area (Å²) in [7, 11) is 0. The number of nitrogens with one attached hydrogen (secondary N) is 1. The molecule has 1 N–H and O–H groups in total. The first kappa shape index (κ1) is 63.2. The minimum atomic E-state index is -4.79. The fourth-order valence-electron chi connectivity index (χ4n) is 14.4. The predicted molar refractivity (Wildman–Crippen MR) is 350 cm³/mol. The van der Waals surface area contributed by atoms with Gasteiger partial charge in [-0.3, -0.25) is 5.01 Å². The highest BCUT2D eigenvalue weighted by atomic mass is 32.2. The molecule has 2 unspecified atom stereocenters. The van der Waals surface area contributed by atoms with Crippen LogP contribution in [-0.2, 0) is 20.9 Å². The fourth-order valence-corrected chi connectivity index (χ4v) is 15.6. The van der Waals surface area contributed by atoms with E-state index >= 15 is 0 Å². The van der Waals surface area contributed by atoms with Crippen LogP contribution in [0.25, 0.3) is 32.7 Å². The van der Waals surface area contributed by atoms with E-state index in [1.54, 1.807) is 0 Å². The molecule has 7 nitrogen and oxygen atoms in total. The number of rotatable bonds is 28. The van der Waals surface area contributed by atoms with Crippen LogP contribution in [0.3, 0.4) is 0 Å². The van der Waals surface area contributed by atoms with Crippen molar-refractivity contribution in [1.29, 1.82) is 0 Å². The Labute approximate surface area is 515 Å². The molecule has 0 bridgehead atoms. The van der Waals surface area contributed by atoms with Gasteiger partial charge in [0.1, 0.15) is 24.5 Å². The quantitative estimate of drug-likeness (QED) is 0.0172. The minimum absolute atomic E-state index is 0.0478. The van der Waals surface area contributed by atoms with E-state index in [0.717, 1.165) is 79.2 Å². The van der Waals surface area contributed by atoms with Crippen molar-refractivity contribution in [3.05, 3.63) is 150 Å². The Bertz CT molecular complexity index is 3160. The van der Waals surface area contributed by atoms with E-state index in [0.29, 0.717) is 30.3 Å². The number of hydrazone groups is 1. The third kappa shape index (κ3) is 16.9. The molecule has 3 saturated carbocycles. The van der Waals surface area contributed by atoms with E-state index in [9.17, 15) is 18.0 Å². The monoisotopic (exact) mass is 1190 g/mol. The molecule has 6 aromatic rings. The standard InChI is InChI=1S/C75H94F3N3O4S/c1-5-7-9-10-11-15-45-81(74-80-72-68-18-14-13-17-63(68)39-44-71(72)86-74)79-50-69-67-42-37-64(52(3)48-55-21-27-58(28-22-55)62-35-40-66(41-36-62)83-46-47-84-73(82)53(4)75(76,77)78)49-65(67)38-43-70(69)85-51-56-23-29-59(30-24-56)61-33-31-60(32-34-61)57-25-19-54(20-26-57)16-12-8-6-2/h13-14,17-18,23-24,29-34,37-39,42-44,49-50,52,54-55,57-58,62,66,74,80H,4-12,15-16,19-22,25-28,35-36,40-41,45-48,51H2,1-3H3/b79-50+. The predicted octanol–water partition coefficient (Wildman–Crippen LogP) is 21.1. The first-order chi connectivity index (χ1) is 41.9. The summed E-state index contributed by atoms with van der Waals surface area (Å²) < 4.78 is 55.9. The molecule has 460 valence electrons. The molecule has 86 heavy (non-hydrogen) atoms. The van der Waals surface area contributed by atoms with Crippen molar-refractivity contribution >= 4 is 51.2 Å². The van der Waals surface area contributed by atoms with Crippen LogP contribution in [0.15, 0.2) is 137 Å². The number of thioether (sulfide) groups is 1. The molecular formula is C75H94F3N3O4S. The van der Waals surface area contributed by atoms with E-state index in [2.05, 4.69) is 159 Å². The fraction of sp³-hybridized carbons (Fsp3) is 0.520. The molecule has 0 amide bonds. The van der Waals surface area contributed by atoms with Gasteiger partial charge in [-0.05, 0) is 169 Å². The summed E-state index contributed by atoms with van der Waals surface area (Å²) in [6.45, 7) is 11.0. The van der Waals surface area contributed by atoms with Gasteiger partial charge in [-0.1, -0.05) is 213 Å². The lowest BCUT2D eigenvalue weighted by Gasteiger charge is -2.38. The molecule has 3 aliphatic carbocycles. The third-order valence-corrected chi connectivity index (χ3v) is 20.9. The van der Waals surface area contributed by atoms with Gasteiger partial charge in [0.15, 0.2) is 5.50 Å². The van der Waals surface area contributed by atoms with Gasteiger partial charge in [-0.2, -0.15) is 18.3 Å². The second-order valence-corrected chi connectivity index (χ2v) is 26.8. The van der Waals surface area contributed by atoms with Crippen LogP contribution in [0, 0.1) is 23.7 Å². The van der Waals surface area contributed by atoms with Crippen molar-refractivity contribution in [3.63, 3.8) is 0 Å². The molecule has 4 aliphatic rings. The summed E-state index contributed by atoms with van der Waals surface area (Å²) in [5, 5.41) is 16.4. The van der Waals surface area contributed by atoms with Crippen LogP contribution in [0.5, 0.6) is 5.75 Å². The first-order valence-corrected chi connectivity index (χ1v) is 34.0. The molecule has 3 fully saturated rings. The average Bonchev–Trinajstić information content (AvgIpc) is 3.44. The van der Waals surface area contributed by atoms with Gasteiger partial charge in [-0.25, -0.2) is 4.79 Å². The van der Waals surface area contributed by atoms with Crippen molar-refractivity contribution in [2.45, 2.75) is 210 Å². The number of benzene rings is 6. The molecule has 1 aliphatic heterocycles. The van der Waals surface area contributed by atoms with Crippen LogP contribution in [0.1, 0.15) is 203 Å². The molecule has 10 rings (SSSR count). The maximum Gasteiger partial charge on any atom is 0.422 e. The van der Waals surface area contributed by atoms with Gasteiger partial charge < -0.3 is 19.5 Å². The summed E-state index contributed by atoms with van der Waals surface area (Å²) in [6.07, 6.45) is 25.7. The van der Waals surface area contributed by atoms with Crippen LogP contribution in [0.2, 0.25) is 0 Å². The van der Waals surface area contributed by atoms with E-state index in [1.807, 2.05) is 11.8 Å². The smallest absolute Gasteiger partial charge is 0.422 e. The molecule has 0 spiro atoms. The Morgan fingerprint density at radius 2 is 1.37 bits per heavy atom. The summed E-state index contributed by atoms with van der Waals surface area (Å²) in [4.78, 5) is 12.9. The number of nitrogens with zero attached hydrogens (tertiary/aromatic N) is 2. The lowest BCUT2D eigenvalue weighted by atomic mass is 9.69. The van der Waals surface area contributed by atoms with Crippen molar-refractivity contribution in [2.24, 2.45) is 28.8 Å². The maximum absolute atomic E-state index is 12.8. The molecule has 2 atom stereocenters. The molecular weight excluding hydrogens is 1100 g/mol. The van der Waals surface area contributed by atoms with Gasteiger partial charge in [-0.15, -0.1) is 0 Å². The molecule has 0 saturated heterocycles. The zero-order valence-corrected chi connectivity index (χ0v) is 52.4. The normalized spacial score (nSPS) is 22.0. The Hall–Kier alpha value is -5.78. The Morgan fingerprint density at radius 3 is 2.10 bits per heavy atom. The van der Waals surface area contributed by atoms with Crippen molar-refractivity contribution in [3.8, 4) is 16.9 Å². The van der Waals surface area contributed by atoms with Gasteiger partial charge in [0.25, 0.3) is 0 Å². The topological polar surface area (TPSA) is 72.4 Å². The second kappa shape index (κ2) is 30.9. The largest absolute Gasteiger partial charge is 0.488 e. The van der Waals surface area contributed by atoms with E-state index in [-0.39, 0.29) is 24.8 Å². The number of ether oxygens (including phenoxy) is 3. The van der Waals surface area contributed by atoms with Crippen LogP contribution in [-0.4, -0.2) is 54.7 Å². The van der Waals surface area contributed by atoms with Crippen molar-refractivity contribution in [1.82, 2.24) is 5.01 Å². The van der Waals surface area contributed by atoms with Gasteiger partial charge in [0, 0.05) is 22.4 Å². The summed E-state index contributed by atoms with van der Waals surface area (Å²) >= 11 is 1.85. The minimum Gasteiger partial charge on any atom is -0.488 e. The number of hydrogen-bond donors (Lipinski definition) is 1. The van der Waals surface area contributed by atoms with Gasteiger partial charge >= 0.3 is 12.1 Å². The zero-order chi connectivity index (χ0) is 59.8. The van der Waals surface area contributed by atoms with E-state index in [4.69, 9.17) is 19.3 Å². The number of esters is 1. The summed E-state index contributed by atoms with van der Waals surface area (Å²) in [5.74, 6) is 3.48. The van der Waals surface area contributed by atoms with E-state index < -0.39 is 17.7 Å². The number of unbranched alkanes of at least 4 members (excludes halogenated alkanes) is 7. The molecule has 0 aromatic heterocycles. The molecule has 11 heteroatoms. The summed E-state index contributed by atoms with van der Waals surface area (Å²) in [6, 6.07) is 42.9. The summed E-state index contributed by atoms with van der Waals surface area (Å²) in [5.41, 5.74) is 7.12. The number of carbonyl (C=O) groups excluding carboxylic acids is 1. The van der Waals surface area contributed by atoms with Crippen LogP contribution >= 0.6 is 11.8 Å². The van der Waals surface area contributed by atoms with E-state index in [1.165, 1.54) is 158 Å². The average molecular weight is 1190 g/mol. The number of alkyl halides is 3. The molecule has 6 aromatic carbocycles. The number of halogens is 3. The zero-order valence-electron chi connectivity index (χ0n) is 51.5. The van der Waals surface area contributed by atoms with Crippen molar-refractivity contribution < 1.29 is 32.2 Å². The van der Waals surface area contributed by atoms with Crippen LogP contribution in [0.4, 0.5) is 18.9 Å². The number of carbonyl (C=O) groups is 1. The SMILES string of the molecule is C=C(C(=O)OCCOC1CCC(C2CCC(CC(C)c3ccc4c(/C=N/N(CCCCCCCC)C5Nc6c(ccc7ccccc67)S5)c(OCc5ccc(-c6ccc(C7CCC(CCCCC)CC7)cc6)cc5)ccc4c3)CC2)CC1)C(F)(F)F. The van der Waals surface area contributed by atoms with Crippen molar-refractivity contribution in [2.75, 3.05) is 25.1 Å². The highest BCUT2D eigenvalue weighted by molar-refractivity contribution is 8.00. The Balaban J connectivity index is 0.799. The third-order valence-electron chi connectivity index (χ3n) is 19.7. The molecule has 0 radical (unpaired) electrons. The maximum atomic E-state index is 12.8. The lowest BCUT2D eigenvalue weighted by molar-refractivity contribution is -0.152. The molecule has 1 heterocycles. The second-order valence-electron chi connectivity index (χ2n) is 25.7. The first-order valence-electron chi connectivity index (χ1n) is 33.1. The van der Waals surface area contributed by atoms with Gasteiger partial charge in [0.05, 0.1) is 24.6 Å². The Morgan fingerprint density at radius 1 is 0.709 bits per heavy atom. The van der Waals surface area contributed by atoms with Gasteiger partial charge in [0.2, 0.25) is 0 Å². The highest BCUT2D eigenvalue weighted by Gasteiger charge is 2.38. The number of fused-ring (bicyclic) bond motifs is 4. The lowest BCUT2D eigenvalue weighted by Crippen LogP contribution is -2.33. The highest BCUT2D eigenvalue weighted by Crippen LogP contribution is 2.46. The number of anilines is 1. The van der Waals surface area contributed by atoms with Crippen LogP contribution < -0.4 is 10.1 Å². The number of hydrogen-bond acceptors (Lipinski definition) is 8.